The van der Waals surface area contributed by atoms with E-state index < -0.39 is 42.6 Å². The van der Waals surface area contributed by atoms with E-state index in [1.54, 1.807) is 0 Å². The van der Waals surface area contributed by atoms with Crippen LogP contribution in [0.4, 0.5) is 0 Å². The van der Waals surface area contributed by atoms with Crippen LogP contribution >= 0.6 is 0 Å². The van der Waals surface area contributed by atoms with E-state index in [1.807, 2.05) is 0 Å². The maximum Gasteiger partial charge on any atom is 1.00 e. The third-order valence-corrected chi connectivity index (χ3v) is 2.19. The van der Waals surface area contributed by atoms with Gasteiger partial charge in [-0.1, -0.05) is 6.58 Å². The number of hydrogen-bond acceptors (Lipinski definition) is 9. The van der Waals surface area contributed by atoms with Gasteiger partial charge in [0.2, 0.25) is 0 Å². The van der Waals surface area contributed by atoms with Crippen molar-refractivity contribution in [3.63, 3.8) is 0 Å². The summed E-state index contributed by atoms with van der Waals surface area (Å²) in [6.45, 7) is 3.23. The summed E-state index contributed by atoms with van der Waals surface area (Å²) >= 11 is 0. The minimum Gasteiger partial charge on any atom is -0.543 e. The van der Waals surface area contributed by atoms with E-state index in [0.717, 1.165) is 6.92 Å². The first kappa shape index (κ1) is 21.4. The predicted molar refractivity (Wildman–Crippen MR) is 56.0 cm³/mol. The van der Waals surface area contributed by atoms with Gasteiger partial charge >= 0.3 is 24.8 Å². The van der Waals surface area contributed by atoms with Crippen LogP contribution in [-0.2, 0) is 14.3 Å². The summed E-state index contributed by atoms with van der Waals surface area (Å²) in [4.78, 5) is 21.9. The fraction of sp³-hybridized carbons (Fsp3) is 0.600. The number of rotatable bonds is 7. The van der Waals surface area contributed by atoms with Gasteiger partial charge in [-0.2, -0.15) is 0 Å². The SMILES string of the molecule is C=C(C)C(=O)O[C@](O)(C(=O)[O-])[C@@H](O)[C@H](O)[C@H](O)CO.[Li+]. The Labute approximate surface area is 126 Å². The molecule has 0 fully saturated rings. The molecule has 5 N–H and O–H groups in total. The molecule has 0 aromatic rings. The van der Waals surface area contributed by atoms with Gasteiger partial charge in [-0.3, -0.25) is 0 Å². The second-order valence-electron chi connectivity index (χ2n) is 3.84. The molecule has 0 aromatic carbocycles. The molecular weight excluding hydrogens is 271 g/mol. The second kappa shape index (κ2) is 8.38. The van der Waals surface area contributed by atoms with Gasteiger partial charge in [-0.05, 0) is 6.92 Å². The number of carbonyl (C=O) groups excluding carboxylic acids is 2. The van der Waals surface area contributed by atoms with E-state index in [1.165, 1.54) is 0 Å². The number of ether oxygens (including phenoxy) is 1. The fourth-order valence-corrected chi connectivity index (χ4v) is 1.00. The molecule has 110 valence electrons. The molecule has 0 heterocycles. The number of carboxylic acid groups (broad SMARTS) is 1. The molecular formula is C10H15LiO9. The average molecular weight is 286 g/mol. The van der Waals surface area contributed by atoms with Crippen molar-refractivity contribution in [2.75, 3.05) is 6.61 Å². The molecule has 0 radical (unpaired) electrons. The number of aliphatic carboxylic acids is 1. The molecule has 0 aliphatic heterocycles. The van der Waals surface area contributed by atoms with Crippen molar-refractivity contribution in [3.8, 4) is 0 Å². The normalized spacial score (nSPS) is 17.9. The van der Waals surface area contributed by atoms with Gasteiger partial charge in [-0.15, -0.1) is 0 Å². The van der Waals surface area contributed by atoms with Crippen LogP contribution in [0.25, 0.3) is 0 Å². The topological polar surface area (TPSA) is 168 Å². The molecule has 0 spiro atoms. The van der Waals surface area contributed by atoms with Crippen LogP contribution in [0.1, 0.15) is 6.92 Å². The van der Waals surface area contributed by atoms with E-state index >= 15 is 0 Å². The molecule has 0 aliphatic rings. The summed E-state index contributed by atoms with van der Waals surface area (Å²) in [7, 11) is 0. The Morgan fingerprint density at radius 3 is 2.10 bits per heavy atom. The van der Waals surface area contributed by atoms with Crippen molar-refractivity contribution in [1.29, 1.82) is 0 Å². The summed E-state index contributed by atoms with van der Waals surface area (Å²) in [6, 6.07) is 0. The van der Waals surface area contributed by atoms with Gasteiger partial charge in [0.15, 0.2) is 6.10 Å². The smallest absolute Gasteiger partial charge is 0.543 e. The van der Waals surface area contributed by atoms with Crippen molar-refractivity contribution in [3.05, 3.63) is 12.2 Å². The number of esters is 1. The van der Waals surface area contributed by atoms with Crippen LogP contribution in [-0.4, -0.2) is 68.2 Å². The number of carbonyl (C=O) groups is 2. The minimum atomic E-state index is -3.61. The first-order valence-corrected chi connectivity index (χ1v) is 5.05. The zero-order valence-electron chi connectivity index (χ0n) is 11.0. The zero-order chi connectivity index (χ0) is 15.4. The summed E-state index contributed by atoms with van der Waals surface area (Å²) in [6.07, 6.45) is -6.92. The second-order valence-corrected chi connectivity index (χ2v) is 3.84. The number of aliphatic hydroxyl groups excluding tert-OH is 4. The number of aliphatic hydroxyl groups is 5. The molecule has 0 saturated carbocycles. The standard InChI is InChI=1S/C10H16O9.Li/c1-4(2)8(15)19-10(18,9(16)17)7(14)6(13)5(12)3-11;/h5-7,11-14,18H,1,3H2,2H3,(H,16,17);/q;+1/p-1/t5-,6-,7+,10+;/m1./s1. The summed E-state index contributed by atoms with van der Waals surface area (Å²) in [5, 5.41) is 56.6. The van der Waals surface area contributed by atoms with Gasteiger partial charge in [-0.25, -0.2) is 4.79 Å². The van der Waals surface area contributed by atoms with Gasteiger partial charge in [0, 0.05) is 5.57 Å². The van der Waals surface area contributed by atoms with Crippen molar-refractivity contribution in [2.24, 2.45) is 0 Å². The van der Waals surface area contributed by atoms with Crippen LogP contribution < -0.4 is 24.0 Å². The molecule has 0 aliphatic carbocycles. The summed E-state index contributed by atoms with van der Waals surface area (Å²) in [5.41, 5.74) is -0.288. The van der Waals surface area contributed by atoms with Crippen molar-refractivity contribution in [2.45, 2.75) is 31.0 Å². The number of carboxylic acids is 1. The molecule has 0 saturated heterocycles. The Balaban J connectivity index is 0. The molecule has 10 heteroatoms. The predicted octanol–water partition coefficient (Wildman–Crippen LogP) is -7.38. The van der Waals surface area contributed by atoms with E-state index in [4.69, 9.17) is 10.2 Å². The van der Waals surface area contributed by atoms with Crippen LogP contribution in [0.15, 0.2) is 12.2 Å². The Hall–Kier alpha value is -0.923. The maximum atomic E-state index is 11.2. The van der Waals surface area contributed by atoms with Crippen LogP contribution in [0, 0.1) is 0 Å². The van der Waals surface area contributed by atoms with Crippen molar-refractivity contribution >= 4 is 11.9 Å². The van der Waals surface area contributed by atoms with Crippen LogP contribution in [0.5, 0.6) is 0 Å². The Bertz CT molecular complexity index is 372. The molecule has 9 nitrogen and oxygen atoms in total. The average Bonchev–Trinajstić information content (AvgIpc) is 2.35. The number of hydrogen-bond donors (Lipinski definition) is 5. The molecule has 0 unspecified atom stereocenters. The van der Waals surface area contributed by atoms with E-state index in [9.17, 15) is 30.0 Å². The van der Waals surface area contributed by atoms with Gasteiger partial charge in [0.25, 0.3) is 5.79 Å². The van der Waals surface area contributed by atoms with Crippen molar-refractivity contribution in [1.82, 2.24) is 0 Å². The third-order valence-electron chi connectivity index (χ3n) is 2.19. The Morgan fingerprint density at radius 1 is 1.35 bits per heavy atom. The van der Waals surface area contributed by atoms with Crippen molar-refractivity contribution < 1.29 is 63.8 Å². The first-order chi connectivity index (χ1) is 8.57. The van der Waals surface area contributed by atoms with E-state index in [2.05, 4.69) is 11.3 Å². The summed E-state index contributed by atoms with van der Waals surface area (Å²) in [5.74, 6) is -7.39. The Morgan fingerprint density at radius 2 is 1.80 bits per heavy atom. The van der Waals surface area contributed by atoms with Gasteiger partial charge < -0.3 is 40.2 Å². The minimum absolute atomic E-state index is 0. The Kier molecular flexibility index (Phi) is 8.96. The zero-order valence-corrected chi connectivity index (χ0v) is 11.0. The molecule has 0 aromatic heterocycles. The molecule has 4 atom stereocenters. The molecule has 0 amide bonds. The molecule has 0 bridgehead atoms. The van der Waals surface area contributed by atoms with Gasteiger partial charge in [0.1, 0.15) is 18.2 Å². The monoisotopic (exact) mass is 286 g/mol. The van der Waals surface area contributed by atoms with Crippen LogP contribution in [0.2, 0.25) is 0 Å². The van der Waals surface area contributed by atoms with E-state index in [0.29, 0.717) is 0 Å². The largest absolute Gasteiger partial charge is 1.00 e. The molecule has 20 heavy (non-hydrogen) atoms. The first-order valence-electron chi connectivity index (χ1n) is 5.05. The molecule has 0 rings (SSSR count). The quantitative estimate of drug-likeness (QED) is 0.132. The maximum absolute atomic E-state index is 11.2. The summed E-state index contributed by atoms with van der Waals surface area (Å²) < 4.78 is 4.09. The van der Waals surface area contributed by atoms with E-state index in [-0.39, 0.29) is 24.4 Å². The fourth-order valence-electron chi connectivity index (χ4n) is 1.00. The third kappa shape index (κ3) is 4.88. The van der Waals surface area contributed by atoms with Crippen LogP contribution in [0.3, 0.4) is 0 Å². The van der Waals surface area contributed by atoms with Gasteiger partial charge in [0.05, 0.1) is 6.61 Å².